The fourth-order valence-corrected chi connectivity index (χ4v) is 24.8. The third-order valence-corrected chi connectivity index (χ3v) is 28.0. The van der Waals surface area contributed by atoms with E-state index in [9.17, 15) is 0 Å². The van der Waals surface area contributed by atoms with Crippen LogP contribution in [0.4, 0.5) is 0 Å². The van der Waals surface area contributed by atoms with Gasteiger partial charge in [0.05, 0.1) is 13.2 Å². The second-order valence-electron chi connectivity index (χ2n) is 9.10. The van der Waals surface area contributed by atoms with Crippen molar-refractivity contribution >= 4 is 15.4 Å². The number of unbranched alkanes of at least 4 members (excludes halogenated alkanes) is 6. The first-order valence-corrected chi connectivity index (χ1v) is 18.2. The van der Waals surface area contributed by atoms with E-state index < -0.39 is 15.4 Å². The lowest BCUT2D eigenvalue weighted by molar-refractivity contribution is 0.0269. The van der Waals surface area contributed by atoms with E-state index in [1.165, 1.54) is 94.8 Å². The molecule has 156 valence electrons. The van der Waals surface area contributed by atoms with Crippen LogP contribution in [0.2, 0.25) is 30.2 Å². The Hall–Kier alpha value is 0.394. The third kappa shape index (κ3) is 5.70. The Morgan fingerprint density at radius 1 is 0.654 bits per heavy atom. The average Bonchev–Trinajstić information content (AvgIpc) is 2.69. The van der Waals surface area contributed by atoms with Gasteiger partial charge in [0.1, 0.15) is 0 Å². The molecule has 0 amide bonds. The van der Waals surface area contributed by atoms with Crippen LogP contribution in [0.1, 0.15) is 112 Å². The second kappa shape index (κ2) is 12.1. The summed E-state index contributed by atoms with van der Waals surface area (Å²) in [4.78, 5) is 0. The molecule has 1 heterocycles. The van der Waals surface area contributed by atoms with E-state index >= 15 is 0 Å². The molecule has 3 heteroatoms. The molecule has 1 aliphatic rings. The van der Waals surface area contributed by atoms with Crippen molar-refractivity contribution in [2.24, 2.45) is 0 Å². The molecule has 0 radical (unpaired) electrons. The first-order chi connectivity index (χ1) is 12.5. The minimum atomic E-state index is -1.54. The maximum absolute atomic E-state index is 7.52. The summed E-state index contributed by atoms with van der Waals surface area (Å²) in [7, 11) is -2.74. The standard InChI is InChI=1S/C23H50OSi2/c1-7-13-15-17-19-23(20-18-16-14-8-2)21-22-25(9-3,10-4)26(11-5,12-6)24-23/h7-22H2,1-6H3. The first kappa shape index (κ1) is 24.4. The molecule has 1 aliphatic heterocycles. The van der Waals surface area contributed by atoms with Gasteiger partial charge in [0.25, 0.3) is 0 Å². The summed E-state index contributed by atoms with van der Waals surface area (Å²) in [5, 5.41) is 0. The molecule has 26 heavy (non-hydrogen) atoms. The molecule has 1 nitrogen and oxygen atoms in total. The SMILES string of the molecule is CCCCCCC1(CCCCCC)CC[Si](CC)(CC)[Si](CC)(CC)O1. The maximum atomic E-state index is 7.52. The Morgan fingerprint density at radius 3 is 1.54 bits per heavy atom. The number of rotatable bonds is 14. The highest BCUT2D eigenvalue weighted by Crippen LogP contribution is 2.49. The van der Waals surface area contributed by atoms with Crippen LogP contribution in [0.3, 0.4) is 0 Å². The van der Waals surface area contributed by atoms with Gasteiger partial charge in [-0.3, -0.25) is 0 Å². The van der Waals surface area contributed by atoms with Crippen LogP contribution in [-0.2, 0) is 4.43 Å². The lowest BCUT2D eigenvalue weighted by atomic mass is 9.87. The van der Waals surface area contributed by atoms with E-state index in [1.807, 2.05) is 0 Å². The summed E-state index contributed by atoms with van der Waals surface area (Å²) in [6.07, 6.45) is 15.2. The van der Waals surface area contributed by atoms with Crippen molar-refractivity contribution in [3.63, 3.8) is 0 Å². The summed E-state index contributed by atoms with van der Waals surface area (Å²) in [6.45, 7) is 14.6. The average molecular weight is 399 g/mol. The van der Waals surface area contributed by atoms with Gasteiger partial charge in [-0.15, -0.1) is 0 Å². The minimum absolute atomic E-state index is 0.264. The van der Waals surface area contributed by atoms with Crippen molar-refractivity contribution < 1.29 is 4.43 Å². The quantitative estimate of drug-likeness (QED) is 0.210. The molecule has 0 unspecified atom stereocenters. The van der Waals surface area contributed by atoms with Crippen LogP contribution < -0.4 is 0 Å². The zero-order valence-corrected chi connectivity index (χ0v) is 21.2. The van der Waals surface area contributed by atoms with E-state index in [-0.39, 0.29) is 5.60 Å². The molecule has 0 atom stereocenters. The second-order valence-corrected chi connectivity index (χ2v) is 23.1. The fourth-order valence-electron chi connectivity index (χ4n) is 5.89. The summed E-state index contributed by atoms with van der Waals surface area (Å²) in [5.74, 6) is 0. The molecule has 1 saturated heterocycles. The van der Waals surface area contributed by atoms with Gasteiger partial charge in [0.15, 0.2) is 7.83 Å². The van der Waals surface area contributed by atoms with Gasteiger partial charge in [-0.2, -0.15) is 0 Å². The Kier molecular flexibility index (Phi) is 11.3. The summed E-state index contributed by atoms with van der Waals surface area (Å²) >= 11 is 0. The Labute approximate surface area is 168 Å². The van der Waals surface area contributed by atoms with E-state index in [0.717, 1.165) is 0 Å². The number of hydrogen-bond acceptors (Lipinski definition) is 1. The molecule has 1 fully saturated rings. The molecule has 0 aromatic carbocycles. The van der Waals surface area contributed by atoms with E-state index in [2.05, 4.69) is 41.5 Å². The van der Waals surface area contributed by atoms with Gasteiger partial charge in [-0.25, -0.2) is 0 Å². The van der Waals surface area contributed by atoms with Crippen molar-refractivity contribution in [1.82, 2.24) is 0 Å². The highest BCUT2D eigenvalue weighted by Gasteiger charge is 2.58. The summed E-state index contributed by atoms with van der Waals surface area (Å²) in [6, 6.07) is 7.28. The predicted octanol–water partition coefficient (Wildman–Crippen LogP) is 8.64. The fraction of sp³-hybridized carbons (Fsp3) is 1.00. The van der Waals surface area contributed by atoms with Crippen molar-refractivity contribution in [2.45, 2.75) is 148 Å². The molecule has 0 bridgehead atoms. The van der Waals surface area contributed by atoms with Crippen LogP contribution in [-0.4, -0.2) is 21.0 Å². The largest absolute Gasteiger partial charge is 0.414 e. The van der Waals surface area contributed by atoms with Crippen molar-refractivity contribution in [1.29, 1.82) is 0 Å². The van der Waals surface area contributed by atoms with Crippen LogP contribution in [0.25, 0.3) is 0 Å². The van der Waals surface area contributed by atoms with E-state index in [1.54, 1.807) is 6.04 Å². The van der Waals surface area contributed by atoms with Gasteiger partial charge < -0.3 is 4.43 Å². The minimum Gasteiger partial charge on any atom is -0.414 e. The molecular weight excluding hydrogens is 348 g/mol. The zero-order chi connectivity index (χ0) is 19.5. The highest BCUT2D eigenvalue weighted by atomic mass is 29.3. The lowest BCUT2D eigenvalue weighted by Crippen LogP contribution is -2.70. The molecule has 0 spiro atoms. The van der Waals surface area contributed by atoms with Gasteiger partial charge >= 0.3 is 0 Å². The summed E-state index contributed by atoms with van der Waals surface area (Å²) < 4.78 is 7.52. The highest BCUT2D eigenvalue weighted by molar-refractivity contribution is 7.40. The Morgan fingerprint density at radius 2 is 1.15 bits per heavy atom. The third-order valence-electron chi connectivity index (χ3n) is 7.91. The maximum Gasteiger partial charge on any atom is 0.180 e. The Balaban J connectivity index is 2.97. The van der Waals surface area contributed by atoms with Crippen LogP contribution in [0.5, 0.6) is 0 Å². The molecule has 1 rings (SSSR count). The van der Waals surface area contributed by atoms with Crippen LogP contribution in [0, 0.1) is 0 Å². The molecule has 0 N–H and O–H groups in total. The predicted molar refractivity (Wildman–Crippen MR) is 124 cm³/mol. The molecule has 0 aromatic heterocycles. The van der Waals surface area contributed by atoms with Gasteiger partial charge in [-0.1, -0.05) is 111 Å². The van der Waals surface area contributed by atoms with Gasteiger partial charge in [-0.05, 0) is 31.4 Å². The number of hydrogen-bond donors (Lipinski definition) is 0. The van der Waals surface area contributed by atoms with Crippen molar-refractivity contribution in [2.75, 3.05) is 0 Å². The molecular formula is C23H50OSi2. The first-order valence-electron chi connectivity index (χ1n) is 12.2. The lowest BCUT2D eigenvalue weighted by Gasteiger charge is -2.57. The molecule has 0 aromatic rings. The normalized spacial score (nSPS) is 21.0. The monoisotopic (exact) mass is 398 g/mol. The molecule has 0 saturated carbocycles. The van der Waals surface area contributed by atoms with Crippen LogP contribution in [0.15, 0.2) is 0 Å². The summed E-state index contributed by atoms with van der Waals surface area (Å²) in [5.41, 5.74) is 0.264. The van der Waals surface area contributed by atoms with E-state index in [0.29, 0.717) is 0 Å². The van der Waals surface area contributed by atoms with Crippen LogP contribution >= 0.6 is 0 Å². The van der Waals surface area contributed by atoms with Gasteiger partial charge in [0.2, 0.25) is 0 Å². The molecule has 0 aliphatic carbocycles. The zero-order valence-electron chi connectivity index (χ0n) is 19.2. The topological polar surface area (TPSA) is 9.23 Å². The van der Waals surface area contributed by atoms with Crippen molar-refractivity contribution in [3.05, 3.63) is 0 Å². The van der Waals surface area contributed by atoms with Crippen molar-refractivity contribution in [3.8, 4) is 0 Å². The van der Waals surface area contributed by atoms with E-state index in [4.69, 9.17) is 4.43 Å². The smallest absolute Gasteiger partial charge is 0.180 e. The van der Waals surface area contributed by atoms with Gasteiger partial charge in [0, 0.05) is 0 Å². The Bertz CT molecular complexity index is 349.